The highest BCUT2D eigenvalue weighted by atomic mass is 16.4. The van der Waals surface area contributed by atoms with Crippen LogP contribution in [0.4, 0.5) is 0 Å². The highest BCUT2D eigenvalue weighted by Crippen LogP contribution is 2.22. The SMILES string of the molecule is Cc1nc(C)c(C(O)CCCN)o1. The Morgan fingerprint density at radius 1 is 1.54 bits per heavy atom. The van der Waals surface area contributed by atoms with Gasteiger partial charge in [0.2, 0.25) is 0 Å². The van der Waals surface area contributed by atoms with Crippen molar-refractivity contribution < 1.29 is 9.52 Å². The zero-order valence-corrected chi connectivity index (χ0v) is 8.08. The number of nitrogens with two attached hydrogens (primary N) is 1. The average molecular weight is 184 g/mol. The highest BCUT2D eigenvalue weighted by molar-refractivity contribution is 5.10. The van der Waals surface area contributed by atoms with E-state index in [-0.39, 0.29) is 0 Å². The fourth-order valence-electron chi connectivity index (χ4n) is 1.30. The molecule has 3 N–H and O–H groups in total. The van der Waals surface area contributed by atoms with Gasteiger partial charge in [-0.2, -0.15) is 0 Å². The number of rotatable bonds is 4. The summed E-state index contributed by atoms with van der Waals surface area (Å²) in [7, 11) is 0. The second-order valence-electron chi connectivity index (χ2n) is 3.13. The van der Waals surface area contributed by atoms with Crippen LogP contribution >= 0.6 is 0 Å². The smallest absolute Gasteiger partial charge is 0.191 e. The number of hydrogen-bond donors (Lipinski definition) is 2. The fraction of sp³-hybridized carbons (Fsp3) is 0.667. The number of aliphatic hydroxyl groups excluding tert-OH is 1. The zero-order valence-electron chi connectivity index (χ0n) is 8.08. The summed E-state index contributed by atoms with van der Waals surface area (Å²) in [4.78, 5) is 4.08. The van der Waals surface area contributed by atoms with Gasteiger partial charge in [-0.1, -0.05) is 0 Å². The minimum Gasteiger partial charge on any atom is -0.443 e. The standard InChI is InChI=1S/C9H16N2O2/c1-6-9(13-7(2)11-6)8(12)4-3-5-10/h8,12H,3-5,10H2,1-2H3. The highest BCUT2D eigenvalue weighted by Gasteiger charge is 2.15. The van der Waals surface area contributed by atoms with Crippen molar-refractivity contribution in [1.82, 2.24) is 4.98 Å². The Kier molecular flexibility index (Phi) is 3.45. The maximum Gasteiger partial charge on any atom is 0.191 e. The van der Waals surface area contributed by atoms with E-state index < -0.39 is 6.10 Å². The summed E-state index contributed by atoms with van der Waals surface area (Å²) < 4.78 is 5.27. The first-order valence-corrected chi connectivity index (χ1v) is 4.47. The van der Waals surface area contributed by atoms with Crippen molar-refractivity contribution in [3.8, 4) is 0 Å². The molecule has 74 valence electrons. The summed E-state index contributed by atoms with van der Waals surface area (Å²) in [6.07, 6.45) is 0.858. The minimum atomic E-state index is -0.565. The first kappa shape index (κ1) is 10.2. The predicted molar refractivity (Wildman–Crippen MR) is 49.2 cm³/mol. The Hall–Kier alpha value is -0.870. The van der Waals surface area contributed by atoms with Crippen molar-refractivity contribution in [1.29, 1.82) is 0 Å². The van der Waals surface area contributed by atoms with E-state index in [1.807, 2.05) is 6.92 Å². The summed E-state index contributed by atoms with van der Waals surface area (Å²) in [5.41, 5.74) is 6.11. The van der Waals surface area contributed by atoms with Crippen molar-refractivity contribution in [2.75, 3.05) is 6.54 Å². The molecule has 0 aliphatic heterocycles. The van der Waals surface area contributed by atoms with Crippen LogP contribution in [0, 0.1) is 13.8 Å². The number of aromatic nitrogens is 1. The van der Waals surface area contributed by atoms with Crippen molar-refractivity contribution >= 4 is 0 Å². The molecule has 4 heteroatoms. The van der Waals surface area contributed by atoms with E-state index in [0.29, 0.717) is 24.6 Å². The molecule has 4 nitrogen and oxygen atoms in total. The van der Waals surface area contributed by atoms with Gasteiger partial charge >= 0.3 is 0 Å². The fourth-order valence-corrected chi connectivity index (χ4v) is 1.30. The number of nitrogens with zero attached hydrogens (tertiary/aromatic N) is 1. The van der Waals surface area contributed by atoms with Crippen LogP contribution in [-0.4, -0.2) is 16.6 Å². The van der Waals surface area contributed by atoms with Crippen molar-refractivity contribution in [3.63, 3.8) is 0 Å². The lowest BCUT2D eigenvalue weighted by Gasteiger charge is -2.06. The number of aliphatic hydroxyl groups is 1. The first-order chi connectivity index (χ1) is 6.15. The molecule has 0 aliphatic carbocycles. The second kappa shape index (κ2) is 4.39. The molecular weight excluding hydrogens is 168 g/mol. The molecule has 0 radical (unpaired) electrons. The normalized spacial score (nSPS) is 13.2. The molecule has 0 saturated carbocycles. The molecule has 1 unspecified atom stereocenters. The number of aryl methyl sites for hydroxylation is 2. The third kappa shape index (κ3) is 2.54. The lowest BCUT2D eigenvalue weighted by molar-refractivity contribution is 0.136. The van der Waals surface area contributed by atoms with Crippen LogP contribution in [0.5, 0.6) is 0 Å². The Labute approximate surface area is 77.8 Å². The maximum atomic E-state index is 9.66. The van der Waals surface area contributed by atoms with Crippen LogP contribution < -0.4 is 5.73 Å². The van der Waals surface area contributed by atoms with Crippen LogP contribution in [0.1, 0.15) is 36.3 Å². The van der Waals surface area contributed by atoms with Gasteiger partial charge in [0, 0.05) is 6.92 Å². The molecule has 13 heavy (non-hydrogen) atoms. The number of hydrogen-bond acceptors (Lipinski definition) is 4. The van der Waals surface area contributed by atoms with Gasteiger partial charge in [0.1, 0.15) is 6.10 Å². The third-order valence-corrected chi connectivity index (χ3v) is 1.92. The minimum absolute atomic E-state index is 0.565. The molecule has 0 fully saturated rings. The van der Waals surface area contributed by atoms with Gasteiger partial charge < -0.3 is 15.3 Å². The predicted octanol–water partition coefficient (Wildman–Crippen LogP) is 1.06. The van der Waals surface area contributed by atoms with Crippen LogP contribution in [0.15, 0.2) is 4.42 Å². The molecule has 1 atom stereocenters. The van der Waals surface area contributed by atoms with E-state index in [1.54, 1.807) is 6.92 Å². The molecule has 0 aliphatic rings. The van der Waals surface area contributed by atoms with E-state index in [9.17, 15) is 5.11 Å². The van der Waals surface area contributed by atoms with Gasteiger partial charge in [0.15, 0.2) is 11.7 Å². The number of oxazole rings is 1. The van der Waals surface area contributed by atoms with Crippen LogP contribution in [0.25, 0.3) is 0 Å². The Bertz CT molecular complexity index is 271. The van der Waals surface area contributed by atoms with Gasteiger partial charge in [0.25, 0.3) is 0 Å². The van der Waals surface area contributed by atoms with E-state index in [1.165, 1.54) is 0 Å². The first-order valence-electron chi connectivity index (χ1n) is 4.47. The summed E-state index contributed by atoms with van der Waals surface area (Å²) >= 11 is 0. The van der Waals surface area contributed by atoms with Gasteiger partial charge in [-0.25, -0.2) is 4.98 Å². The van der Waals surface area contributed by atoms with E-state index in [4.69, 9.17) is 10.2 Å². The van der Waals surface area contributed by atoms with E-state index in [2.05, 4.69) is 4.98 Å². The Morgan fingerprint density at radius 2 is 2.23 bits per heavy atom. The Morgan fingerprint density at radius 3 is 2.69 bits per heavy atom. The lowest BCUT2D eigenvalue weighted by Crippen LogP contribution is -2.04. The molecule has 0 saturated heterocycles. The molecular formula is C9H16N2O2. The molecule has 1 heterocycles. The molecule has 1 rings (SSSR count). The third-order valence-electron chi connectivity index (χ3n) is 1.92. The average Bonchev–Trinajstić information content (AvgIpc) is 2.41. The second-order valence-corrected chi connectivity index (χ2v) is 3.13. The largest absolute Gasteiger partial charge is 0.443 e. The quantitative estimate of drug-likeness (QED) is 0.734. The molecule has 0 amide bonds. The molecule has 0 aromatic carbocycles. The van der Waals surface area contributed by atoms with E-state index in [0.717, 1.165) is 12.1 Å². The molecule has 1 aromatic rings. The summed E-state index contributed by atoms with van der Waals surface area (Å²) in [5.74, 6) is 1.17. The van der Waals surface area contributed by atoms with Gasteiger partial charge in [-0.15, -0.1) is 0 Å². The van der Waals surface area contributed by atoms with Crippen molar-refractivity contribution in [2.24, 2.45) is 5.73 Å². The topological polar surface area (TPSA) is 72.3 Å². The molecule has 0 bridgehead atoms. The van der Waals surface area contributed by atoms with Gasteiger partial charge in [-0.05, 0) is 26.3 Å². The van der Waals surface area contributed by atoms with Gasteiger partial charge in [-0.3, -0.25) is 0 Å². The van der Waals surface area contributed by atoms with Gasteiger partial charge in [0.05, 0.1) is 5.69 Å². The van der Waals surface area contributed by atoms with Crippen LogP contribution in [0.3, 0.4) is 0 Å². The lowest BCUT2D eigenvalue weighted by atomic mass is 10.1. The Balaban J connectivity index is 2.64. The van der Waals surface area contributed by atoms with E-state index >= 15 is 0 Å². The molecule has 1 aromatic heterocycles. The monoisotopic (exact) mass is 184 g/mol. The van der Waals surface area contributed by atoms with Crippen molar-refractivity contribution in [2.45, 2.75) is 32.8 Å². The maximum absolute atomic E-state index is 9.66. The summed E-state index contributed by atoms with van der Waals surface area (Å²) in [6.45, 7) is 4.19. The summed E-state index contributed by atoms with van der Waals surface area (Å²) in [6, 6.07) is 0. The van der Waals surface area contributed by atoms with Crippen LogP contribution in [0.2, 0.25) is 0 Å². The van der Waals surface area contributed by atoms with Crippen molar-refractivity contribution in [3.05, 3.63) is 17.3 Å². The zero-order chi connectivity index (χ0) is 9.84. The summed E-state index contributed by atoms with van der Waals surface area (Å²) in [5, 5.41) is 9.66. The molecule has 0 spiro atoms. The van der Waals surface area contributed by atoms with Crippen LogP contribution in [-0.2, 0) is 0 Å².